The largest absolute Gasteiger partial charge is 0.376 e. The summed E-state index contributed by atoms with van der Waals surface area (Å²) in [6.07, 6.45) is 2.99. The summed E-state index contributed by atoms with van der Waals surface area (Å²) in [4.78, 5) is 40.8. The van der Waals surface area contributed by atoms with Crippen LogP contribution in [0.1, 0.15) is 41.2 Å². The average molecular weight is 562 g/mol. The van der Waals surface area contributed by atoms with Gasteiger partial charge in [0.2, 0.25) is 0 Å². The van der Waals surface area contributed by atoms with E-state index in [2.05, 4.69) is 20.9 Å². The van der Waals surface area contributed by atoms with E-state index in [4.69, 9.17) is 16.3 Å². The third-order valence-corrected chi connectivity index (χ3v) is 8.20. The van der Waals surface area contributed by atoms with Crippen molar-refractivity contribution in [3.63, 3.8) is 0 Å². The van der Waals surface area contributed by atoms with E-state index in [1.54, 1.807) is 42.5 Å². The highest BCUT2D eigenvalue weighted by Gasteiger charge is 2.35. The molecule has 3 N–H and O–H groups in total. The van der Waals surface area contributed by atoms with Crippen LogP contribution in [-0.4, -0.2) is 48.9 Å². The third-order valence-electron chi connectivity index (χ3n) is 7.94. The highest BCUT2D eigenvalue weighted by atomic mass is 35.5. The summed E-state index contributed by atoms with van der Waals surface area (Å²) in [5.41, 5.74) is 3.53. The molecule has 10 heteroatoms. The van der Waals surface area contributed by atoms with E-state index in [0.29, 0.717) is 47.5 Å². The molecule has 2 fully saturated rings. The minimum Gasteiger partial charge on any atom is -0.376 e. The number of amides is 3. The van der Waals surface area contributed by atoms with Crippen LogP contribution in [0, 0.1) is 5.92 Å². The molecule has 2 saturated heterocycles. The fraction of sp³-hybridized carbons (Fsp3) is 0.367. The lowest BCUT2D eigenvalue weighted by atomic mass is 9.83. The number of urea groups is 1. The first-order chi connectivity index (χ1) is 19.4. The van der Waals surface area contributed by atoms with Gasteiger partial charge in [0.05, 0.1) is 17.5 Å². The standard InChI is InChI=1S/C30H32ClN5O4/c31-22-7-9-23(10-8-22)33-30(39)34-25-14-20(29(38)32-15-24-3-2-12-40-24)6-11-27(25)35-16-19-13-21(18-35)26-4-1-5-28(37)36(26)17-19/h1,4-11,14,19,21,24H,2-3,12-13,15-18H2,(H,32,38)(H2,33,34,39)/t19-,21+,24+/m1/s1. The molecule has 0 unspecified atom stereocenters. The molecule has 0 radical (unpaired) electrons. The summed E-state index contributed by atoms with van der Waals surface area (Å²) in [6, 6.07) is 17.3. The lowest BCUT2D eigenvalue weighted by Crippen LogP contribution is -2.47. The molecule has 208 valence electrons. The highest BCUT2D eigenvalue weighted by molar-refractivity contribution is 6.30. The minimum absolute atomic E-state index is 0.0362. The Hall–Kier alpha value is -3.82. The number of fused-ring (bicyclic) bond motifs is 4. The summed E-state index contributed by atoms with van der Waals surface area (Å²) in [5.74, 6) is 0.287. The number of nitrogens with zero attached hydrogens (tertiary/aromatic N) is 2. The second-order valence-electron chi connectivity index (χ2n) is 10.8. The van der Waals surface area contributed by atoms with Gasteiger partial charge in [0.25, 0.3) is 11.5 Å². The Morgan fingerprint density at radius 2 is 1.85 bits per heavy atom. The van der Waals surface area contributed by atoms with Crippen LogP contribution in [0.3, 0.4) is 0 Å². The SMILES string of the molecule is O=C(Nc1ccc(Cl)cc1)Nc1cc(C(=O)NC[C@@H]2CCCO2)ccc1N1C[C@H]2C[C@@H](C1)c1cccc(=O)n1C2. The maximum absolute atomic E-state index is 13.1. The maximum Gasteiger partial charge on any atom is 0.323 e. The molecule has 0 spiro atoms. The van der Waals surface area contributed by atoms with Gasteiger partial charge in [0, 0.05) is 66.7 Å². The van der Waals surface area contributed by atoms with E-state index in [-0.39, 0.29) is 23.5 Å². The van der Waals surface area contributed by atoms with E-state index in [0.717, 1.165) is 43.8 Å². The number of piperidine rings is 1. The lowest BCUT2D eigenvalue weighted by molar-refractivity contribution is 0.0858. The molecule has 3 amide bonds. The van der Waals surface area contributed by atoms with E-state index >= 15 is 0 Å². The highest BCUT2D eigenvalue weighted by Crippen LogP contribution is 2.39. The number of pyridine rings is 1. The predicted octanol–water partition coefficient (Wildman–Crippen LogP) is 4.68. The molecule has 3 atom stereocenters. The number of hydrogen-bond acceptors (Lipinski definition) is 5. The van der Waals surface area contributed by atoms with Crippen molar-refractivity contribution in [2.24, 2.45) is 5.92 Å². The molecular weight excluding hydrogens is 530 g/mol. The van der Waals surface area contributed by atoms with Gasteiger partial charge in [0.15, 0.2) is 0 Å². The normalized spacial score (nSPS) is 21.4. The molecular formula is C30H32ClN5O4. The van der Waals surface area contributed by atoms with Crippen LogP contribution < -0.4 is 26.4 Å². The number of nitrogens with one attached hydrogen (secondary N) is 3. The molecule has 0 aliphatic carbocycles. The Balaban J connectivity index is 1.25. The zero-order valence-electron chi connectivity index (χ0n) is 22.1. The van der Waals surface area contributed by atoms with Crippen molar-refractivity contribution < 1.29 is 14.3 Å². The zero-order chi connectivity index (χ0) is 27.6. The Bertz CT molecular complexity index is 1470. The molecule has 2 bridgehead atoms. The van der Waals surface area contributed by atoms with Crippen molar-refractivity contribution in [3.05, 3.63) is 87.3 Å². The third kappa shape index (κ3) is 5.71. The van der Waals surface area contributed by atoms with Gasteiger partial charge in [-0.15, -0.1) is 0 Å². The van der Waals surface area contributed by atoms with Crippen molar-refractivity contribution >= 4 is 40.6 Å². The number of anilines is 3. The number of carbonyl (C=O) groups is 2. The molecule has 3 aromatic rings. The number of aromatic nitrogens is 1. The lowest BCUT2D eigenvalue weighted by Gasteiger charge is -2.44. The van der Waals surface area contributed by atoms with Crippen LogP contribution in [0.15, 0.2) is 65.5 Å². The topological polar surface area (TPSA) is 105 Å². The van der Waals surface area contributed by atoms with Gasteiger partial charge in [-0.3, -0.25) is 9.59 Å². The fourth-order valence-corrected chi connectivity index (χ4v) is 6.20. The Labute approximate surface area is 237 Å². The summed E-state index contributed by atoms with van der Waals surface area (Å²) < 4.78 is 7.53. The van der Waals surface area contributed by atoms with Crippen molar-refractivity contribution in [3.8, 4) is 0 Å². The smallest absolute Gasteiger partial charge is 0.323 e. The zero-order valence-corrected chi connectivity index (χ0v) is 22.8. The number of rotatable bonds is 6. The van der Waals surface area contributed by atoms with E-state index in [9.17, 15) is 14.4 Å². The quantitative estimate of drug-likeness (QED) is 0.405. The molecule has 2 aromatic carbocycles. The fourth-order valence-electron chi connectivity index (χ4n) is 6.08. The second-order valence-corrected chi connectivity index (χ2v) is 11.2. The Kier molecular flexibility index (Phi) is 7.49. The summed E-state index contributed by atoms with van der Waals surface area (Å²) in [6.45, 7) is 3.30. The van der Waals surface area contributed by atoms with E-state index < -0.39 is 6.03 Å². The van der Waals surface area contributed by atoms with Crippen LogP contribution in [-0.2, 0) is 11.3 Å². The van der Waals surface area contributed by atoms with Gasteiger partial charge in [-0.2, -0.15) is 0 Å². The van der Waals surface area contributed by atoms with Crippen LogP contribution in [0.4, 0.5) is 21.9 Å². The van der Waals surface area contributed by atoms with Crippen molar-refractivity contribution in [2.75, 3.05) is 41.8 Å². The van der Waals surface area contributed by atoms with Crippen molar-refractivity contribution in [1.82, 2.24) is 9.88 Å². The summed E-state index contributed by atoms with van der Waals surface area (Å²) in [5, 5.41) is 9.35. The molecule has 40 heavy (non-hydrogen) atoms. The monoisotopic (exact) mass is 561 g/mol. The number of benzene rings is 2. The molecule has 0 saturated carbocycles. The first kappa shape index (κ1) is 26.4. The van der Waals surface area contributed by atoms with Gasteiger partial charge >= 0.3 is 6.03 Å². The number of carbonyl (C=O) groups excluding carboxylic acids is 2. The first-order valence-electron chi connectivity index (χ1n) is 13.7. The van der Waals surface area contributed by atoms with Crippen molar-refractivity contribution in [1.29, 1.82) is 0 Å². The molecule has 3 aliphatic rings. The minimum atomic E-state index is -0.422. The van der Waals surface area contributed by atoms with Gasteiger partial charge in [-0.25, -0.2) is 4.79 Å². The Morgan fingerprint density at radius 3 is 2.65 bits per heavy atom. The molecule has 3 aliphatic heterocycles. The van der Waals surface area contributed by atoms with Crippen molar-refractivity contribution in [2.45, 2.75) is 37.8 Å². The van der Waals surface area contributed by atoms with Gasteiger partial charge in [-0.05, 0) is 73.7 Å². The molecule has 9 nitrogen and oxygen atoms in total. The van der Waals surface area contributed by atoms with Crippen LogP contribution >= 0.6 is 11.6 Å². The first-order valence-corrected chi connectivity index (χ1v) is 14.1. The molecule has 4 heterocycles. The van der Waals surface area contributed by atoms with Gasteiger partial charge in [0.1, 0.15) is 0 Å². The van der Waals surface area contributed by atoms with Crippen LogP contribution in [0.25, 0.3) is 0 Å². The Morgan fingerprint density at radius 1 is 1.00 bits per heavy atom. The summed E-state index contributed by atoms with van der Waals surface area (Å²) >= 11 is 5.98. The number of halogens is 1. The molecule has 1 aromatic heterocycles. The average Bonchev–Trinajstić information content (AvgIpc) is 3.47. The van der Waals surface area contributed by atoms with Gasteiger partial charge < -0.3 is 30.2 Å². The van der Waals surface area contributed by atoms with E-state index in [1.807, 2.05) is 22.8 Å². The van der Waals surface area contributed by atoms with Gasteiger partial charge in [-0.1, -0.05) is 17.7 Å². The predicted molar refractivity (Wildman–Crippen MR) is 156 cm³/mol. The number of hydrogen-bond donors (Lipinski definition) is 3. The van der Waals surface area contributed by atoms with E-state index in [1.165, 1.54) is 0 Å². The van der Waals surface area contributed by atoms with Crippen LogP contribution in [0.5, 0.6) is 0 Å². The summed E-state index contributed by atoms with van der Waals surface area (Å²) in [7, 11) is 0. The second kappa shape index (κ2) is 11.3. The molecule has 6 rings (SSSR count). The van der Waals surface area contributed by atoms with Crippen LogP contribution in [0.2, 0.25) is 5.02 Å². The number of ether oxygens (including phenoxy) is 1. The maximum atomic E-state index is 13.1.